The Balaban J connectivity index is 2.33. The van der Waals surface area contributed by atoms with E-state index >= 15 is 0 Å². The van der Waals surface area contributed by atoms with Crippen LogP contribution in [0.25, 0.3) is 0 Å². The fraction of sp³-hybridized carbons (Fsp3) is 0.643. The third-order valence-corrected chi connectivity index (χ3v) is 2.90. The molecule has 0 fully saturated rings. The molecule has 2 N–H and O–H groups in total. The fourth-order valence-electron chi connectivity index (χ4n) is 1.93. The van der Waals surface area contributed by atoms with E-state index in [-0.39, 0.29) is 18.0 Å². The van der Waals surface area contributed by atoms with Gasteiger partial charge in [-0.3, -0.25) is 4.79 Å². The highest BCUT2D eigenvalue weighted by atomic mass is 16.5. The maximum atomic E-state index is 11.9. The number of carbonyl (C=O) groups excluding carboxylic acids is 1. The lowest BCUT2D eigenvalue weighted by molar-refractivity contribution is -0.123. The lowest BCUT2D eigenvalue weighted by Gasteiger charge is -2.21. The second-order valence-electron chi connectivity index (χ2n) is 4.63. The predicted molar refractivity (Wildman–Crippen MR) is 73.7 cm³/mol. The minimum atomic E-state index is -0.248. The molecule has 108 valence electrons. The van der Waals surface area contributed by atoms with Gasteiger partial charge in [-0.05, 0) is 25.5 Å². The van der Waals surface area contributed by atoms with Gasteiger partial charge in [-0.2, -0.15) is 0 Å². The van der Waals surface area contributed by atoms with Crippen molar-refractivity contribution >= 4 is 5.91 Å². The van der Waals surface area contributed by atoms with Crippen LogP contribution < -0.4 is 10.6 Å². The predicted octanol–water partition coefficient (Wildman–Crippen LogP) is 1.69. The van der Waals surface area contributed by atoms with Crippen molar-refractivity contribution in [2.24, 2.45) is 0 Å². The van der Waals surface area contributed by atoms with Crippen LogP contribution in [-0.4, -0.2) is 31.7 Å². The number of nitrogens with one attached hydrogen (secondary N) is 2. The number of amides is 1. The summed E-state index contributed by atoms with van der Waals surface area (Å²) in [6.45, 7) is 5.01. The van der Waals surface area contributed by atoms with Crippen LogP contribution >= 0.6 is 0 Å². The van der Waals surface area contributed by atoms with Gasteiger partial charge >= 0.3 is 0 Å². The van der Waals surface area contributed by atoms with Crippen LogP contribution in [-0.2, 0) is 16.1 Å². The lowest BCUT2D eigenvalue weighted by atomic mass is 10.1. The zero-order chi connectivity index (χ0) is 14.1. The quantitative estimate of drug-likeness (QED) is 0.715. The largest absolute Gasteiger partial charge is 0.467 e. The van der Waals surface area contributed by atoms with Gasteiger partial charge in [0.25, 0.3) is 0 Å². The number of rotatable bonds is 9. The van der Waals surface area contributed by atoms with E-state index < -0.39 is 0 Å². The average molecular weight is 268 g/mol. The molecule has 0 saturated carbocycles. The zero-order valence-electron chi connectivity index (χ0n) is 11.9. The van der Waals surface area contributed by atoms with Crippen LogP contribution in [0.4, 0.5) is 0 Å². The van der Waals surface area contributed by atoms with Crippen molar-refractivity contribution in [1.82, 2.24) is 10.6 Å². The van der Waals surface area contributed by atoms with E-state index in [4.69, 9.17) is 9.15 Å². The molecule has 0 aromatic carbocycles. The summed E-state index contributed by atoms with van der Waals surface area (Å²) in [5.41, 5.74) is 0. The number of hydrogen-bond acceptors (Lipinski definition) is 4. The van der Waals surface area contributed by atoms with Crippen LogP contribution in [0.2, 0.25) is 0 Å². The maximum Gasteiger partial charge on any atom is 0.237 e. The van der Waals surface area contributed by atoms with Crippen molar-refractivity contribution in [3.63, 3.8) is 0 Å². The summed E-state index contributed by atoms with van der Waals surface area (Å²) in [6.07, 6.45) is 3.64. The minimum Gasteiger partial charge on any atom is -0.467 e. The fourth-order valence-corrected chi connectivity index (χ4v) is 1.93. The third-order valence-electron chi connectivity index (χ3n) is 2.90. The Morgan fingerprint density at radius 2 is 2.32 bits per heavy atom. The highest BCUT2D eigenvalue weighted by Gasteiger charge is 2.17. The molecule has 2 unspecified atom stereocenters. The minimum absolute atomic E-state index is 0.0337. The first kappa shape index (κ1) is 15.7. The van der Waals surface area contributed by atoms with E-state index in [1.165, 1.54) is 0 Å². The van der Waals surface area contributed by atoms with Gasteiger partial charge in [0.15, 0.2) is 0 Å². The smallest absolute Gasteiger partial charge is 0.237 e. The normalized spacial score (nSPS) is 14.1. The van der Waals surface area contributed by atoms with Gasteiger partial charge in [-0.1, -0.05) is 13.3 Å². The van der Waals surface area contributed by atoms with Gasteiger partial charge in [0.1, 0.15) is 5.76 Å². The van der Waals surface area contributed by atoms with Crippen LogP contribution in [0.5, 0.6) is 0 Å². The number of carbonyl (C=O) groups is 1. The molecular weight excluding hydrogens is 244 g/mol. The molecule has 0 spiro atoms. The second-order valence-corrected chi connectivity index (χ2v) is 4.63. The highest BCUT2D eigenvalue weighted by Crippen LogP contribution is 2.01. The first-order valence-electron chi connectivity index (χ1n) is 6.72. The Kier molecular flexibility index (Phi) is 7.22. The summed E-state index contributed by atoms with van der Waals surface area (Å²) >= 11 is 0. The summed E-state index contributed by atoms with van der Waals surface area (Å²) in [4.78, 5) is 11.9. The first-order chi connectivity index (χ1) is 9.17. The van der Waals surface area contributed by atoms with Crippen molar-refractivity contribution in [1.29, 1.82) is 0 Å². The lowest BCUT2D eigenvalue weighted by Crippen LogP contribution is -2.47. The molecule has 19 heavy (non-hydrogen) atoms. The van der Waals surface area contributed by atoms with E-state index in [9.17, 15) is 4.79 Å². The maximum absolute atomic E-state index is 11.9. The molecular formula is C14H24N2O3. The van der Waals surface area contributed by atoms with Crippen LogP contribution in [0.1, 0.15) is 32.4 Å². The second kappa shape index (κ2) is 8.72. The van der Waals surface area contributed by atoms with Gasteiger partial charge < -0.3 is 19.8 Å². The van der Waals surface area contributed by atoms with Crippen molar-refractivity contribution in [3.8, 4) is 0 Å². The Labute approximate surface area is 114 Å². The molecule has 5 heteroatoms. The number of hydrogen-bond donors (Lipinski definition) is 2. The monoisotopic (exact) mass is 268 g/mol. The molecule has 0 radical (unpaired) electrons. The van der Waals surface area contributed by atoms with Crippen LogP contribution in [0, 0.1) is 0 Å². The van der Waals surface area contributed by atoms with Gasteiger partial charge in [0.05, 0.1) is 25.5 Å². The summed E-state index contributed by atoms with van der Waals surface area (Å²) in [5, 5.41) is 6.12. The Morgan fingerprint density at radius 1 is 1.53 bits per heavy atom. The molecule has 5 nitrogen and oxygen atoms in total. The van der Waals surface area contributed by atoms with E-state index in [1.807, 2.05) is 13.0 Å². The van der Waals surface area contributed by atoms with E-state index in [2.05, 4.69) is 17.6 Å². The molecule has 1 rings (SSSR count). The van der Waals surface area contributed by atoms with Crippen molar-refractivity contribution < 1.29 is 13.9 Å². The highest BCUT2D eigenvalue weighted by molar-refractivity contribution is 5.81. The van der Waals surface area contributed by atoms with E-state index in [0.717, 1.165) is 18.6 Å². The first-order valence-corrected chi connectivity index (χ1v) is 6.72. The summed E-state index contributed by atoms with van der Waals surface area (Å²) in [7, 11) is 1.67. The van der Waals surface area contributed by atoms with Gasteiger partial charge in [0, 0.05) is 13.2 Å². The van der Waals surface area contributed by atoms with Crippen molar-refractivity contribution in [3.05, 3.63) is 24.2 Å². The summed E-state index contributed by atoms with van der Waals surface area (Å²) < 4.78 is 10.3. The van der Waals surface area contributed by atoms with Crippen molar-refractivity contribution in [2.45, 2.75) is 45.3 Å². The molecule has 0 bridgehead atoms. The van der Waals surface area contributed by atoms with E-state index in [0.29, 0.717) is 13.2 Å². The Bertz CT molecular complexity index is 346. The molecule has 0 aliphatic rings. The van der Waals surface area contributed by atoms with Crippen LogP contribution in [0.15, 0.2) is 22.8 Å². The van der Waals surface area contributed by atoms with E-state index in [1.54, 1.807) is 19.4 Å². The molecule has 1 amide bonds. The number of furan rings is 1. The van der Waals surface area contributed by atoms with Crippen LogP contribution in [0.3, 0.4) is 0 Å². The van der Waals surface area contributed by atoms with Gasteiger partial charge in [0.2, 0.25) is 5.91 Å². The molecule has 0 aliphatic heterocycles. The standard InChI is InChI=1S/C14H24N2O3/c1-4-6-12(10-18-3)16-11(2)14(17)15-9-13-7-5-8-19-13/h5,7-8,11-12,16H,4,6,9-10H2,1-3H3,(H,15,17). The molecule has 0 saturated heterocycles. The van der Waals surface area contributed by atoms with Gasteiger partial charge in [-0.15, -0.1) is 0 Å². The summed E-state index contributed by atoms with van der Waals surface area (Å²) in [5.74, 6) is 0.719. The molecule has 0 aliphatic carbocycles. The van der Waals surface area contributed by atoms with Gasteiger partial charge in [-0.25, -0.2) is 0 Å². The Hall–Kier alpha value is -1.33. The third kappa shape index (κ3) is 5.89. The molecule has 1 aromatic rings. The zero-order valence-corrected chi connectivity index (χ0v) is 11.9. The molecule has 2 atom stereocenters. The van der Waals surface area contributed by atoms with Crippen molar-refractivity contribution in [2.75, 3.05) is 13.7 Å². The average Bonchev–Trinajstić information content (AvgIpc) is 2.89. The topological polar surface area (TPSA) is 63.5 Å². The Morgan fingerprint density at radius 3 is 2.89 bits per heavy atom. The SMILES string of the molecule is CCCC(COC)NC(C)C(=O)NCc1ccco1. The number of ether oxygens (including phenoxy) is 1. The molecule has 1 heterocycles. The number of methoxy groups -OCH3 is 1. The summed E-state index contributed by atoms with van der Waals surface area (Å²) in [6, 6.07) is 3.60. The molecule has 1 aromatic heterocycles.